The number of hydrogen-bond acceptors (Lipinski definition) is 7. The van der Waals surface area contributed by atoms with E-state index in [1.165, 1.54) is 23.5 Å². The molecule has 1 amide bonds. The van der Waals surface area contributed by atoms with Crippen LogP contribution in [0.15, 0.2) is 79.1 Å². The van der Waals surface area contributed by atoms with Gasteiger partial charge in [0.1, 0.15) is 16.6 Å². The van der Waals surface area contributed by atoms with Crippen molar-refractivity contribution in [2.75, 3.05) is 22.6 Å². The van der Waals surface area contributed by atoms with Gasteiger partial charge in [-0.1, -0.05) is 29.5 Å². The highest BCUT2D eigenvalue weighted by Gasteiger charge is 2.10. The number of thiocarbonyl (C=S) groups is 1. The van der Waals surface area contributed by atoms with E-state index in [1.807, 2.05) is 54.4 Å². The van der Waals surface area contributed by atoms with Gasteiger partial charge in [0.25, 0.3) is 0 Å². The highest BCUT2D eigenvalue weighted by atomic mass is 32.1. The van der Waals surface area contributed by atoms with E-state index in [9.17, 15) is 9.18 Å². The fourth-order valence-corrected chi connectivity index (χ4v) is 4.08. The molecule has 0 aliphatic rings. The molecule has 0 atom stereocenters. The molecule has 2 aromatic carbocycles. The normalized spacial score (nSPS) is 10.4. The second-order valence-corrected chi connectivity index (χ2v) is 8.67. The molecule has 10 heteroatoms. The number of carbonyl (C=O) groups is 1. The van der Waals surface area contributed by atoms with Gasteiger partial charge in [0.05, 0.1) is 12.6 Å². The number of benzene rings is 2. The molecule has 3 N–H and O–H groups in total. The summed E-state index contributed by atoms with van der Waals surface area (Å²) in [5.74, 6) is 0.121. The Morgan fingerprint density at radius 3 is 2.53 bits per heavy atom. The Kier molecular flexibility index (Phi) is 7.41. The van der Waals surface area contributed by atoms with E-state index in [1.54, 1.807) is 24.5 Å². The summed E-state index contributed by atoms with van der Waals surface area (Å²) < 4.78 is 13.0. The van der Waals surface area contributed by atoms with Crippen molar-refractivity contribution in [1.82, 2.24) is 15.3 Å². The quantitative estimate of drug-likeness (QED) is 0.304. The van der Waals surface area contributed by atoms with Crippen LogP contribution in [0.4, 0.5) is 31.7 Å². The summed E-state index contributed by atoms with van der Waals surface area (Å²) in [6.45, 7) is 0. The molecule has 172 valence electrons. The SMILES string of the molecule is CN(c1ccc(NC(=S)NC(=O)Cc2ccc(F)cc2)cc1)c1cnc(Nc2ccccn2)s1. The molecule has 2 heterocycles. The highest BCUT2D eigenvalue weighted by molar-refractivity contribution is 7.80. The van der Waals surface area contributed by atoms with Crippen LogP contribution >= 0.6 is 23.6 Å². The van der Waals surface area contributed by atoms with Gasteiger partial charge >= 0.3 is 0 Å². The Balaban J connectivity index is 1.30. The Labute approximate surface area is 205 Å². The topological polar surface area (TPSA) is 82.2 Å². The summed E-state index contributed by atoms with van der Waals surface area (Å²) in [4.78, 5) is 22.8. The van der Waals surface area contributed by atoms with Gasteiger partial charge in [-0.3, -0.25) is 4.79 Å². The summed E-state index contributed by atoms with van der Waals surface area (Å²) in [5, 5.41) is 10.7. The first-order chi connectivity index (χ1) is 16.5. The molecule has 0 aliphatic heterocycles. The number of hydrogen-bond donors (Lipinski definition) is 3. The lowest BCUT2D eigenvalue weighted by Crippen LogP contribution is -2.35. The Morgan fingerprint density at radius 1 is 1.06 bits per heavy atom. The van der Waals surface area contributed by atoms with Crippen LogP contribution in [0.5, 0.6) is 0 Å². The summed E-state index contributed by atoms with van der Waals surface area (Å²) in [6, 6.07) is 19.1. The summed E-state index contributed by atoms with van der Waals surface area (Å²) in [6.07, 6.45) is 3.63. The van der Waals surface area contributed by atoms with E-state index in [0.717, 1.165) is 27.3 Å². The van der Waals surface area contributed by atoms with E-state index >= 15 is 0 Å². The standard InChI is InChI=1S/C24H21FN6OS2/c1-31(22-15-27-24(34-22)29-20-4-2-3-13-26-20)19-11-9-18(10-12-19)28-23(33)30-21(32)14-16-5-7-17(25)8-6-16/h2-13,15H,14H2,1H3,(H,26,27,29)(H2,28,30,32,33). The maximum absolute atomic E-state index is 13.0. The third kappa shape index (κ3) is 6.33. The average molecular weight is 493 g/mol. The molecule has 0 aliphatic carbocycles. The van der Waals surface area contributed by atoms with E-state index in [2.05, 4.69) is 25.9 Å². The zero-order chi connectivity index (χ0) is 23.9. The van der Waals surface area contributed by atoms with Crippen LogP contribution < -0.4 is 20.9 Å². The van der Waals surface area contributed by atoms with Crippen molar-refractivity contribution < 1.29 is 9.18 Å². The summed E-state index contributed by atoms with van der Waals surface area (Å²) in [7, 11) is 1.96. The second-order valence-electron chi connectivity index (χ2n) is 7.26. The van der Waals surface area contributed by atoms with Crippen LogP contribution in [-0.2, 0) is 11.2 Å². The van der Waals surface area contributed by atoms with Crippen molar-refractivity contribution >= 4 is 61.9 Å². The third-order valence-electron chi connectivity index (χ3n) is 4.77. The van der Waals surface area contributed by atoms with E-state index in [4.69, 9.17) is 12.2 Å². The fourth-order valence-electron chi connectivity index (χ4n) is 3.04. The van der Waals surface area contributed by atoms with Crippen molar-refractivity contribution in [3.05, 3.63) is 90.5 Å². The van der Waals surface area contributed by atoms with Gasteiger partial charge in [0, 0.05) is 24.6 Å². The van der Waals surface area contributed by atoms with E-state index in [-0.39, 0.29) is 23.3 Å². The minimum atomic E-state index is -0.340. The maximum atomic E-state index is 13.0. The zero-order valence-corrected chi connectivity index (χ0v) is 19.8. The van der Waals surface area contributed by atoms with Gasteiger partial charge in [0.15, 0.2) is 10.2 Å². The first kappa shape index (κ1) is 23.3. The number of carbonyl (C=O) groups excluding carboxylic acids is 1. The predicted octanol–water partition coefficient (Wildman–Crippen LogP) is 5.24. The Hall–Kier alpha value is -3.89. The van der Waals surface area contributed by atoms with E-state index in [0.29, 0.717) is 5.56 Å². The molecule has 0 radical (unpaired) electrons. The molecule has 0 saturated carbocycles. The van der Waals surface area contributed by atoms with Crippen molar-refractivity contribution in [1.29, 1.82) is 0 Å². The number of nitrogens with zero attached hydrogens (tertiary/aromatic N) is 3. The van der Waals surface area contributed by atoms with Crippen LogP contribution in [0.3, 0.4) is 0 Å². The van der Waals surface area contributed by atoms with Crippen LogP contribution in [0.1, 0.15) is 5.56 Å². The van der Waals surface area contributed by atoms with E-state index < -0.39 is 0 Å². The van der Waals surface area contributed by atoms with Crippen LogP contribution in [0, 0.1) is 5.82 Å². The summed E-state index contributed by atoms with van der Waals surface area (Å²) in [5.41, 5.74) is 2.41. The maximum Gasteiger partial charge on any atom is 0.230 e. The first-order valence-corrected chi connectivity index (χ1v) is 11.5. The number of anilines is 5. The molecule has 0 bridgehead atoms. The lowest BCUT2D eigenvalue weighted by atomic mass is 10.1. The van der Waals surface area contributed by atoms with Crippen LogP contribution in [0.2, 0.25) is 0 Å². The van der Waals surface area contributed by atoms with Gasteiger partial charge in [-0.15, -0.1) is 0 Å². The number of amides is 1. The smallest absolute Gasteiger partial charge is 0.230 e. The third-order valence-corrected chi connectivity index (χ3v) is 5.96. The average Bonchev–Trinajstić information content (AvgIpc) is 3.29. The molecule has 0 unspecified atom stereocenters. The highest BCUT2D eigenvalue weighted by Crippen LogP contribution is 2.33. The lowest BCUT2D eigenvalue weighted by Gasteiger charge is -2.17. The lowest BCUT2D eigenvalue weighted by molar-refractivity contribution is -0.119. The molecule has 7 nitrogen and oxygen atoms in total. The molecule has 4 rings (SSSR count). The van der Waals surface area contributed by atoms with Crippen molar-refractivity contribution in [2.45, 2.75) is 6.42 Å². The molecule has 34 heavy (non-hydrogen) atoms. The number of halogens is 1. The van der Waals surface area contributed by atoms with Gasteiger partial charge in [-0.2, -0.15) is 0 Å². The fraction of sp³-hybridized carbons (Fsp3) is 0.0833. The molecular weight excluding hydrogens is 471 g/mol. The van der Waals surface area contributed by atoms with Crippen LogP contribution in [-0.4, -0.2) is 28.0 Å². The number of nitrogens with one attached hydrogen (secondary N) is 3. The van der Waals surface area contributed by atoms with Crippen LogP contribution in [0.25, 0.3) is 0 Å². The van der Waals surface area contributed by atoms with Crippen molar-refractivity contribution in [3.8, 4) is 0 Å². The molecule has 0 spiro atoms. The minimum Gasteiger partial charge on any atom is -0.335 e. The van der Waals surface area contributed by atoms with Crippen molar-refractivity contribution in [2.24, 2.45) is 0 Å². The second kappa shape index (κ2) is 10.8. The Bertz CT molecular complexity index is 1260. The minimum absolute atomic E-state index is 0.109. The molecule has 0 saturated heterocycles. The van der Waals surface area contributed by atoms with Gasteiger partial charge < -0.3 is 20.9 Å². The molecule has 0 fully saturated rings. The predicted molar refractivity (Wildman–Crippen MR) is 139 cm³/mol. The number of thiazole rings is 1. The zero-order valence-electron chi connectivity index (χ0n) is 18.2. The Morgan fingerprint density at radius 2 is 1.82 bits per heavy atom. The van der Waals surface area contributed by atoms with Gasteiger partial charge in [0.2, 0.25) is 5.91 Å². The number of rotatable bonds is 7. The van der Waals surface area contributed by atoms with Gasteiger partial charge in [-0.25, -0.2) is 14.4 Å². The monoisotopic (exact) mass is 492 g/mol. The first-order valence-electron chi connectivity index (χ1n) is 10.3. The van der Waals surface area contributed by atoms with Crippen molar-refractivity contribution in [3.63, 3.8) is 0 Å². The largest absolute Gasteiger partial charge is 0.335 e. The number of pyridine rings is 1. The molecule has 2 aromatic heterocycles. The molecular formula is C24H21FN6OS2. The van der Waals surface area contributed by atoms with Gasteiger partial charge in [-0.05, 0) is 66.3 Å². The molecule has 4 aromatic rings. The number of aromatic nitrogens is 2. The summed E-state index contributed by atoms with van der Waals surface area (Å²) >= 11 is 6.75.